The van der Waals surface area contributed by atoms with Gasteiger partial charge in [0.1, 0.15) is 0 Å². The quantitative estimate of drug-likeness (QED) is 0.385. The molecule has 1 heterocycles. The Hall–Kier alpha value is -2.12. The van der Waals surface area contributed by atoms with E-state index in [1.54, 1.807) is 28.8 Å². The van der Waals surface area contributed by atoms with E-state index in [9.17, 15) is 26.7 Å². The van der Waals surface area contributed by atoms with Crippen LogP contribution in [-0.4, -0.2) is 29.2 Å². The van der Waals surface area contributed by atoms with Crippen molar-refractivity contribution in [2.24, 2.45) is 0 Å². The number of fused-ring (bicyclic) bond motifs is 1. The third-order valence-corrected chi connectivity index (χ3v) is 3.81. The van der Waals surface area contributed by atoms with Gasteiger partial charge in [-0.05, 0) is 12.5 Å². The molecule has 2 aromatic rings. The second-order valence-electron chi connectivity index (χ2n) is 5.74. The van der Waals surface area contributed by atoms with E-state index in [2.05, 4.69) is 4.74 Å². The van der Waals surface area contributed by atoms with E-state index < -0.39 is 24.7 Å². The highest BCUT2D eigenvalue weighted by Crippen LogP contribution is 2.35. The molecule has 0 bridgehead atoms. The molecule has 3 nitrogen and oxygen atoms in total. The highest BCUT2D eigenvalue weighted by Gasteiger charge is 2.58. The number of benzene rings is 1. The Balaban J connectivity index is 2.21. The molecule has 25 heavy (non-hydrogen) atoms. The van der Waals surface area contributed by atoms with Crippen molar-refractivity contribution in [2.45, 2.75) is 44.8 Å². The fourth-order valence-electron chi connectivity index (χ4n) is 2.44. The molecule has 8 heteroatoms. The average molecular weight is 363 g/mol. The number of aryl methyl sites for hydroxylation is 1. The first-order valence-electron chi connectivity index (χ1n) is 7.87. The lowest BCUT2D eigenvalue weighted by Gasteiger charge is -2.18. The van der Waals surface area contributed by atoms with E-state index >= 15 is 0 Å². The zero-order chi connectivity index (χ0) is 18.7. The van der Waals surface area contributed by atoms with E-state index in [0.717, 1.165) is 19.3 Å². The lowest BCUT2D eigenvalue weighted by molar-refractivity contribution is -0.292. The van der Waals surface area contributed by atoms with Gasteiger partial charge in [0.2, 0.25) is 0 Å². The largest absolute Gasteiger partial charge is 0.456 e. The Morgan fingerprint density at radius 1 is 1.12 bits per heavy atom. The van der Waals surface area contributed by atoms with Crippen molar-refractivity contribution in [2.75, 3.05) is 6.61 Å². The number of rotatable bonds is 7. The van der Waals surface area contributed by atoms with Gasteiger partial charge in [0.15, 0.2) is 6.61 Å². The number of hydrogen-bond acceptors (Lipinski definition) is 2. The third kappa shape index (κ3) is 4.29. The number of carbonyl (C=O) groups is 1. The molecule has 0 saturated heterocycles. The smallest absolute Gasteiger partial charge is 0.455 e. The lowest BCUT2D eigenvalue weighted by Crippen LogP contribution is -2.41. The summed E-state index contributed by atoms with van der Waals surface area (Å²) in [5.41, 5.74) is 0.679. The number of halogens is 5. The lowest BCUT2D eigenvalue weighted by atomic mass is 10.2. The maximum absolute atomic E-state index is 12.9. The van der Waals surface area contributed by atoms with Crippen LogP contribution in [-0.2, 0) is 11.3 Å². The Bertz CT molecular complexity index is 736. The minimum Gasteiger partial charge on any atom is -0.455 e. The normalized spacial score (nSPS) is 12.6. The summed E-state index contributed by atoms with van der Waals surface area (Å²) >= 11 is 0. The molecule has 0 saturated carbocycles. The highest BCUT2D eigenvalue weighted by atomic mass is 19.4. The van der Waals surface area contributed by atoms with E-state index in [0.29, 0.717) is 17.4 Å². The van der Waals surface area contributed by atoms with Crippen LogP contribution in [0.4, 0.5) is 22.0 Å². The predicted octanol–water partition coefficient (Wildman–Crippen LogP) is 5.19. The topological polar surface area (TPSA) is 31.2 Å². The minimum atomic E-state index is -5.76. The molecule has 0 N–H and O–H groups in total. The van der Waals surface area contributed by atoms with Crippen LogP contribution in [0.3, 0.4) is 0 Å². The van der Waals surface area contributed by atoms with Gasteiger partial charge in [-0.1, -0.05) is 38.0 Å². The molecular formula is C17H18F5NO2. The average Bonchev–Trinajstić information content (AvgIpc) is 2.91. The number of para-hydroxylation sites is 1. The number of esters is 1. The van der Waals surface area contributed by atoms with Gasteiger partial charge in [-0.25, -0.2) is 4.79 Å². The molecule has 1 aromatic carbocycles. The molecule has 1 aromatic heterocycles. The summed E-state index contributed by atoms with van der Waals surface area (Å²) in [6.45, 7) is 0.613. The maximum Gasteiger partial charge on any atom is 0.456 e. The molecule has 2 rings (SSSR count). The van der Waals surface area contributed by atoms with Gasteiger partial charge in [-0.3, -0.25) is 0 Å². The number of aromatic nitrogens is 1. The molecule has 0 amide bonds. The van der Waals surface area contributed by atoms with E-state index in [-0.39, 0.29) is 5.56 Å². The molecule has 0 aliphatic rings. The van der Waals surface area contributed by atoms with Crippen LogP contribution in [0.15, 0.2) is 30.5 Å². The van der Waals surface area contributed by atoms with Gasteiger partial charge in [-0.2, -0.15) is 22.0 Å². The van der Waals surface area contributed by atoms with Crippen LogP contribution in [0, 0.1) is 0 Å². The Morgan fingerprint density at radius 2 is 1.80 bits per heavy atom. The highest BCUT2D eigenvalue weighted by molar-refractivity contribution is 6.04. The number of unbranched alkanes of at least 4 members (excludes halogenated alkanes) is 2. The van der Waals surface area contributed by atoms with Crippen LogP contribution < -0.4 is 0 Å². The summed E-state index contributed by atoms with van der Waals surface area (Å²) in [4.78, 5) is 12.0. The van der Waals surface area contributed by atoms with Gasteiger partial charge in [0.05, 0.1) is 5.56 Å². The zero-order valence-corrected chi connectivity index (χ0v) is 13.6. The Kier molecular flexibility index (Phi) is 5.69. The first kappa shape index (κ1) is 19.2. The van der Waals surface area contributed by atoms with Crippen LogP contribution in [0.5, 0.6) is 0 Å². The summed E-state index contributed by atoms with van der Waals surface area (Å²) in [7, 11) is 0. The standard InChI is InChI=1S/C17H18F5NO2/c1-2-3-6-9-23-10-13(12-7-4-5-8-14(12)23)15(24)25-11-16(18,19)17(20,21)22/h4-5,7-8,10H,2-3,6,9,11H2,1H3. The van der Waals surface area contributed by atoms with Crippen molar-refractivity contribution in [3.05, 3.63) is 36.0 Å². The summed E-state index contributed by atoms with van der Waals surface area (Å²) in [6.07, 6.45) is -1.49. The van der Waals surface area contributed by atoms with Gasteiger partial charge >= 0.3 is 18.1 Å². The fourth-order valence-corrected chi connectivity index (χ4v) is 2.44. The SMILES string of the molecule is CCCCCn1cc(C(=O)OCC(F)(F)C(F)(F)F)c2ccccc21. The second-order valence-corrected chi connectivity index (χ2v) is 5.74. The molecule has 0 radical (unpaired) electrons. The summed E-state index contributed by atoms with van der Waals surface area (Å²) in [6, 6.07) is 6.76. The number of alkyl halides is 5. The molecule has 0 unspecified atom stereocenters. The Labute approximate surface area is 141 Å². The predicted molar refractivity (Wildman–Crippen MR) is 82.7 cm³/mol. The molecule has 0 atom stereocenters. The second kappa shape index (κ2) is 7.41. The molecule has 0 aliphatic heterocycles. The van der Waals surface area contributed by atoms with Crippen LogP contribution >= 0.6 is 0 Å². The van der Waals surface area contributed by atoms with E-state index in [4.69, 9.17) is 0 Å². The third-order valence-electron chi connectivity index (χ3n) is 3.81. The van der Waals surface area contributed by atoms with E-state index in [1.807, 2.05) is 6.92 Å². The van der Waals surface area contributed by atoms with Crippen LogP contribution in [0.2, 0.25) is 0 Å². The number of hydrogen-bond donors (Lipinski definition) is 0. The summed E-state index contributed by atoms with van der Waals surface area (Å²) in [5.74, 6) is -6.28. The van der Waals surface area contributed by atoms with Gasteiger partial charge in [-0.15, -0.1) is 0 Å². The van der Waals surface area contributed by atoms with Crippen LogP contribution in [0.25, 0.3) is 10.9 Å². The minimum absolute atomic E-state index is 0.0231. The molecule has 0 aliphatic carbocycles. The van der Waals surface area contributed by atoms with Crippen molar-refractivity contribution in [1.82, 2.24) is 4.57 Å². The van der Waals surface area contributed by atoms with Gasteiger partial charge < -0.3 is 9.30 Å². The number of carbonyl (C=O) groups excluding carboxylic acids is 1. The first-order valence-corrected chi connectivity index (χ1v) is 7.87. The van der Waals surface area contributed by atoms with Crippen molar-refractivity contribution in [3.8, 4) is 0 Å². The van der Waals surface area contributed by atoms with Crippen molar-refractivity contribution in [1.29, 1.82) is 0 Å². The summed E-state index contributed by atoms with van der Waals surface area (Å²) in [5, 5.41) is 0.458. The maximum atomic E-state index is 12.9. The first-order chi connectivity index (χ1) is 11.7. The van der Waals surface area contributed by atoms with E-state index in [1.165, 1.54) is 6.20 Å². The number of ether oxygens (including phenoxy) is 1. The summed E-state index contributed by atoms with van der Waals surface area (Å²) < 4.78 is 68.4. The van der Waals surface area contributed by atoms with Gasteiger partial charge in [0.25, 0.3) is 0 Å². The molecule has 138 valence electrons. The molecule has 0 spiro atoms. The zero-order valence-electron chi connectivity index (χ0n) is 13.6. The monoisotopic (exact) mass is 363 g/mol. The molecule has 0 fully saturated rings. The number of nitrogens with zero attached hydrogens (tertiary/aromatic N) is 1. The van der Waals surface area contributed by atoms with Gasteiger partial charge in [0, 0.05) is 23.6 Å². The Morgan fingerprint density at radius 3 is 2.44 bits per heavy atom. The van der Waals surface area contributed by atoms with Crippen molar-refractivity contribution < 1.29 is 31.5 Å². The van der Waals surface area contributed by atoms with Crippen LogP contribution in [0.1, 0.15) is 36.5 Å². The van der Waals surface area contributed by atoms with Crippen molar-refractivity contribution in [3.63, 3.8) is 0 Å². The fraction of sp³-hybridized carbons (Fsp3) is 0.471. The molecular weight excluding hydrogens is 345 g/mol. The van der Waals surface area contributed by atoms with Crippen molar-refractivity contribution >= 4 is 16.9 Å².